The van der Waals surface area contributed by atoms with Crippen LogP contribution in [0.2, 0.25) is 0 Å². The summed E-state index contributed by atoms with van der Waals surface area (Å²) in [6.07, 6.45) is 7.57. The molecule has 1 aliphatic heterocycles. The van der Waals surface area contributed by atoms with Crippen molar-refractivity contribution in [3.8, 4) is 5.75 Å². The second kappa shape index (κ2) is 7.75. The predicted octanol–water partition coefficient (Wildman–Crippen LogP) is 2.06. The molecule has 5 nitrogen and oxygen atoms in total. The third kappa shape index (κ3) is 4.15. The molecule has 2 aliphatic carbocycles. The van der Waals surface area contributed by atoms with E-state index in [1.54, 1.807) is 0 Å². The molecule has 0 spiro atoms. The molecule has 136 valence electrons. The first-order chi connectivity index (χ1) is 12.3. The average Bonchev–Trinajstić information content (AvgIpc) is 3.03. The Balaban J connectivity index is 1.26. The van der Waals surface area contributed by atoms with Gasteiger partial charge in [-0.05, 0) is 31.7 Å². The van der Waals surface area contributed by atoms with E-state index in [4.69, 9.17) is 4.74 Å². The third-order valence-corrected chi connectivity index (χ3v) is 5.82. The summed E-state index contributed by atoms with van der Waals surface area (Å²) in [5.74, 6) is 1.09. The van der Waals surface area contributed by atoms with Crippen molar-refractivity contribution in [2.75, 3.05) is 19.7 Å². The molecular formula is C20H29N3O2. The molecule has 0 unspecified atom stereocenters. The van der Waals surface area contributed by atoms with Crippen molar-refractivity contribution in [3.05, 3.63) is 29.8 Å². The second-order valence-electron chi connectivity index (χ2n) is 7.67. The molecule has 25 heavy (non-hydrogen) atoms. The van der Waals surface area contributed by atoms with Gasteiger partial charge in [-0.2, -0.15) is 0 Å². The summed E-state index contributed by atoms with van der Waals surface area (Å²) in [6.45, 7) is 2.65. The molecule has 1 amide bonds. The minimum Gasteiger partial charge on any atom is -0.492 e. The van der Waals surface area contributed by atoms with E-state index in [9.17, 15) is 4.79 Å². The summed E-state index contributed by atoms with van der Waals surface area (Å²) in [4.78, 5) is 14.7. The zero-order valence-electron chi connectivity index (χ0n) is 14.9. The quantitative estimate of drug-likeness (QED) is 0.859. The van der Waals surface area contributed by atoms with Gasteiger partial charge in [-0.3, -0.25) is 9.69 Å². The summed E-state index contributed by atoms with van der Waals surface area (Å²) in [5.41, 5.74) is 1.16. The van der Waals surface area contributed by atoms with Gasteiger partial charge in [-0.25, -0.2) is 0 Å². The van der Waals surface area contributed by atoms with Crippen LogP contribution >= 0.6 is 0 Å². The van der Waals surface area contributed by atoms with Crippen LogP contribution in [-0.4, -0.2) is 48.6 Å². The van der Waals surface area contributed by atoms with Crippen LogP contribution in [0.15, 0.2) is 24.3 Å². The van der Waals surface area contributed by atoms with Gasteiger partial charge in [0.2, 0.25) is 5.91 Å². The normalized spacial score (nSPS) is 27.0. The molecule has 2 fully saturated rings. The van der Waals surface area contributed by atoms with Crippen LogP contribution in [0.25, 0.3) is 0 Å². The Hall–Kier alpha value is -1.59. The Kier molecular flexibility index (Phi) is 5.22. The lowest BCUT2D eigenvalue weighted by molar-refractivity contribution is -0.124. The molecule has 0 radical (unpaired) electrons. The Morgan fingerprint density at radius 1 is 1.12 bits per heavy atom. The fourth-order valence-corrected chi connectivity index (χ4v) is 4.24. The fraction of sp³-hybridized carbons (Fsp3) is 0.650. The van der Waals surface area contributed by atoms with E-state index >= 15 is 0 Å². The lowest BCUT2D eigenvalue weighted by Gasteiger charge is -2.40. The van der Waals surface area contributed by atoms with Crippen molar-refractivity contribution in [1.29, 1.82) is 0 Å². The zero-order valence-corrected chi connectivity index (χ0v) is 14.9. The Bertz CT molecular complexity index is 600. The maximum absolute atomic E-state index is 12.5. The van der Waals surface area contributed by atoms with Crippen molar-refractivity contribution in [2.24, 2.45) is 0 Å². The maximum atomic E-state index is 12.5. The minimum absolute atomic E-state index is 0.141. The molecule has 3 aliphatic rings. The highest BCUT2D eigenvalue weighted by Gasteiger charge is 2.34. The molecule has 1 aromatic rings. The highest BCUT2D eigenvalue weighted by molar-refractivity contribution is 5.78. The number of carbonyl (C=O) groups excluding carboxylic acids is 1. The van der Waals surface area contributed by atoms with Gasteiger partial charge >= 0.3 is 0 Å². The van der Waals surface area contributed by atoms with E-state index < -0.39 is 0 Å². The molecular weight excluding hydrogens is 314 g/mol. The lowest BCUT2D eigenvalue weighted by Crippen LogP contribution is -2.59. The molecule has 0 aromatic heterocycles. The minimum atomic E-state index is 0.141. The lowest BCUT2D eigenvalue weighted by atomic mass is 9.85. The van der Waals surface area contributed by atoms with Crippen molar-refractivity contribution >= 4 is 5.91 Å². The number of para-hydroxylation sites is 1. The molecule has 0 saturated heterocycles. The van der Waals surface area contributed by atoms with Crippen LogP contribution in [0, 0.1) is 0 Å². The number of fused-ring (bicyclic) bond motifs is 1. The monoisotopic (exact) mass is 343 g/mol. The average molecular weight is 343 g/mol. The van der Waals surface area contributed by atoms with Gasteiger partial charge in [0.15, 0.2) is 0 Å². The van der Waals surface area contributed by atoms with Crippen molar-refractivity contribution < 1.29 is 9.53 Å². The number of amides is 1. The zero-order chi connectivity index (χ0) is 17.1. The summed E-state index contributed by atoms with van der Waals surface area (Å²) in [7, 11) is 0. The summed E-state index contributed by atoms with van der Waals surface area (Å²) in [6, 6.07) is 9.56. The molecule has 2 saturated carbocycles. The number of ether oxygens (including phenoxy) is 1. The standard InChI is InChI=1S/C20H29N3O2/c24-20(22-18-10-9-17(18)21-16-6-2-3-7-16)14-23-11-12-25-19-8-4-1-5-15(19)13-23/h1,4-5,8,16-18,21H,2-3,6-7,9-14H2,(H,22,24)/t17-,18+/m1/s1. The summed E-state index contributed by atoms with van der Waals surface area (Å²) in [5, 5.41) is 7.00. The number of nitrogens with one attached hydrogen (secondary N) is 2. The van der Waals surface area contributed by atoms with Crippen LogP contribution in [0.5, 0.6) is 5.75 Å². The van der Waals surface area contributed by atoms with Crippen LogP contribution < -0.4 is 15.4 Å². The molecule has 1 aromatic carbocycles. The number of hydrogen-bond donors (Lipinski definition) is 2. The molecule has 1 heterocycles. The van der Waals surface area contributed by atoms with Crippen molar-refractivity contribution in [1.82, 2.24) is 15.5 Å². The van der Waals surface area contributed by atoms with Crippen LogP contribution in [0.3, 0.4) is 0 Å². The number of carbonyl (C=O) groups is 1. The predicted molar refractivity (Wildman–Crippen MR) is 97.6 cm³/mol. The van der Waals surface area contributed by atoms with Crippen LogP contribution in [0.1, 0.15) is 44.1 Å². The fourth-order valence-electron chi connectivity index (χ4n) is 4.24. The van der Waals surface area contributed by atoms with Gasteiger partial charge in [-0.1, -0.05) is 31.0 Å². The highest BCUT2D eigenvalue weighted by atomic mass is 16.5. The summed E-state index contributed by atoms with van der Waals surface area (Å²) < 4.78 is 5.78. The molecule has 4 rings (SSSR count). The number of nitrogens with zero attached hydrogens (tertiary/aromatic N) is 1. The van der Waals surface area contributed by atoms with Gasteiger partial charge in [0.1, 0.15) is 12.4 Å². The number of hydrogen-bond acceptors (Lipinski definition) is 4. The SMILES string of the molecule is O=C(CN1CCOc2ccccc2C1)N[C@H]1CC[C@H]1NC1CCCC1. The molecule has 5 heteroatoms. The van der Waals surface area contributed by atoms with E-state index in [0.29, 0.717) is 31.3 Å². The number of rotatable bonds is 5. The van der Waals surface area contributed by atoms with Gasteiger partial charge in [-0.15, -0.1) is 0 Å². The van der Waals surface area contributed by atoms with E-state index in [0.717, 1.165) is 30.8 Å². The van der Waals surface area contributed by atoms with E-state index in [2.05, 4.69) is 21.6 Å². The van der Waals surface area contributed by atoms with Crippen molar-refractivity contribution in [2.45, 2.75) is 63.2 Å². The van der Waals surface area contributed by atoms with Gasteiger partial charge in [0.05, 0.1) is 6.54 Å². The number of benzene rings is 1. The van der Waals surface area contributed by atoms with Gasteiger partial charge in [0.25, 0.3) is 0 Å². The first-order valence-corrected chi connectivity index (χ1v) is 9.76. The molecule has 2 N–H and O–H groups in total. The first kappa shape index (κ1) is 16.9. The van der Waals surface area contributed by atoms with E-state index in [1.165, 1.54) is 32.1 Å². The van der Waals surface area contributed by atoms with E-state index in [-0.39, 0.29) is 5.91 Å². The van der Waals surface area contributed by atoms with E-state index in [1.807, 2.05) is 18.2 Å². The van der Waals surface area contributed by atoms with Crippen molar-refractivity contribution in [3.63, 3.8) is 0 Å². The first-order valence-electron chi connectivity index (χ1n) is 9.76. The Morgan fingerprint density at radius 2 is 1.92 bits per heavy atom. The smallest absolute Gasteiger partial charge is 0.234 e. The molecule has 2 atom stereocenters. The maximum Gasteiger partial charge on any atom is 0.234 e. The Labute approximate surface area is 150 Å². The molecule has 0 bridgehead atoms. The van der Waals surface area contributed by atoms with Crippen LogP contribution in [0.4, 0.5) is 0 Å². The third-order valence-electron chi connectivity index (χ3n) is 5.82. The summed E-state index contributed by atoms with van der Waals surface area (Å²) >= 11 is 0. The second-order valence-corrected chi connectivity index (χ2v) is 7.67. The highest BCUT2D eigenvalue weighted by Crippen LogP contribution is 2.25. The van der Waals surface area contributed by atoms with Gasteiger partial charge in [0, 0.05) is 36.8 Å². The van der Waals surface area contributed by atoms with Crippen LogP contribution in [-0.2, 0) is 11.3 Å². The Morgan fingerprint density at radius 3 is 2.72 bits per heavy atom. The van der Waals surface area contributed by atoms with Gasteiger partial charge < -0.3 is 15.4 Å². The largest absolute Gasteiger partial charge is 0.492 e. The topological polar surface area (TPSA) is 53.6 Å².